The second-order valence-electron chi connectivity index (χ2n) is 14.0. The van der Waals surface area contributed by atoms with Crippen LogP contribution in [0.5, 0.6) is 0 Å². The molecule has 0 aliphatic carbocycles. The van der Waals surface area contributed by atoms with Gasteiger partial charge in [-0.3, -0.25) is 9.59 Å². The number of benzene rings is 2. The van der Waals surface area contributed by atoms with Crippen molar-refractivity contribution in [3.05, 3.63) is 72.3 Å². The average molecular weight is 757 g/mol. The van der Waals surface area contributed by atoms with Crippen molar-refractivity contribution in [2.45, 2.75) is 70.7 Å². The highest BCUT2D eigenvalue weighted by molar-refractivity contribution is 6.40. The molecule has 15 nitrogen and oxygen atoms in total. The summed E-state index contributed by atoms with van der Waals surface area (Å²) < 4.78 is 25.6. The number of rotatable bonds is 11. The number of hydrogen-bond acceptors (Lipinski definition) is 8. The quantitative estimate of drug-likeness (QED) is 0.130. The highest BCUT2D eigenvalue weighted by atomic mass is 19.1. The summed E-state index contributed by atoms with van der Waals surface area (Å²) >= 11 is 0. The number of nitrogens with one attached hydrogen (secondary N) is 3. The molecule has 4 aromatic rings. The lowest BCUT2D eigenvalue weighted by molar-refractivity contribution is -0.137. The Kier molecular flexibility index (Phi) is 11.7. The van der Waals surface area contributed by atoms with Crippen LogP contribution in [-0.2, 0) is 19.1 Å². The number of carboxylic acid groups (broad SMARTS) is 1. The van der Waals surface area contributed by atoms with Gasteiger partial charge in [0.25, 0.3) is 5.91 Å². The predicted octanol–water partition coefficient (Wildman–Crippen LogP) is 6.13. The van der Waals surface area contributed by atoms with Gasteiger partial charge in [-0.05, 0) is 61.4 Å². The SMILES string of the molecule is COC(=O)N=C(C(=O)N1CCC[C@H]1c1ncc(-c2ccc(-c3ccc(-c4cnc([C@@H]5CCCN5C(=O)[C@H](NC(=O)O)[C@@H](C)OC)[nH]4)c(F)c3)cc2)[nH]1)C(C)C. The summed E-state index contributed by atoms with van der Waals surface area (Å²) in [6.07, 6.45) is 3.23. The van der Waals surface area contributed by atoms with Gasteiger partial charge in [0, 0.05) is 31.7 Å². The monoisotopic (exact) mass is 756 g/mol. The number of hydrogen-bond donors (Lipinski definition) is 4. The zero-order valence-electron chi connectivity index (χ0n) is 31.3. The molecule has 4 atom stereocenters. The molecule has 0 unspecified atom stereocenters. The molecule has 2 fully saturated rings. The van der Waals surface area contributed by atoms with Crippen molar-refractivity contribution >= 4 is 29.7 Å². The largest absolute Gasteiger partial charge is 0.465 e. The maximum atomic E-state index is 15.7. The number of ether oxygens (including phenoxy) is 2. The summed E-state index contributed by atoms with van der Waals surface area (Å²) in [5, 5.41) is 11.6. The van der Waals surface area contributed by atoms with Crippen molar-refractivity contribution in [1.82, 2.24) is 35.1 Å². The Morgan fingerprint density at radius 1 is 0.873 bits per heavy atom. The number of aromatic amines is 2. The first-order chi connectivity index (χ1) is 26.4. The topological polar surface area (TPSA) is 195 Å². The third-order valence-corrected chi connectivity index (χ3v) is 10.2. The van der Waals surface area contributed by atoms with Crippen LogP contribution in [0.15, 0.2) is 59.9 Å². The molecule has 2 aliphatic heterocycles. The van der Waals surface area contributed by atoms with Crippen molar-refractivity contribution in [2.24, 2.45) is 10.9 Å². The molecule has 0 saturated carbocycles. The summed E-state index contributed by atoms with van der Waals surface area (Å²) in [4.78, 5) is 72.9. The lowest BCUT2D eigenvalue weighted by atomic mass is 10.0. The number of nitrogens with zero attached hydrogens (tertiary/aromatic N) is 5. The van der Waals surface area contributed by atoms with Crippen LogP contribution in [0.1, 0.15) is 70.2 Å². The maximum Gasteiger partial charge on any atom is 0.433 e. The minimum atomic E-state index is -1.32. The van der Waals surface area contributed by atoms with Gasteiger partial charge in [-0.1, -0.05) is 44.2 Å². The summed E-state index contributed by atoms with van der Waals surface area (Å²) in [6, 6.07) is 10.8. The van der Waals surface area contributed by atoms with Gasteiger partial charge in [-0.15, -0.1) is 0 Å². The first-order valence-corrected chi connectivity index (χ1v) is 18.2. The minimum absolute atomic E-state index is 0.143. The molecule has 55 heavy (non-hydrogen) atoms. The first-order valence-electron chi connectivity index (χ1n) is 18.2. The first kappa shape index (κ1) is 38.8. The van der Waals surface area contributed by atoms with Gasteiger partial charge >= 0.3 is 12.2 Å². The number of carbonyl (C=O) groups excluding carboxylic acids is 3. The predicted molar refractivity (Wildman–Crippen MR) is 200 cm³/mol. The standard InChI is InChI=1S/C39H45FN8O7/c1-21(2)32(46-39(53)55-5)36(49)47-16-6-8-30(47)34-41-19-28(43-34)24-12-10-23(11-13-24)25-14-15-26(27(40)18-25)29-20-42-35(44-29)31-9-7-17-48(31)37(50)33(22(3)54-4)45-38(51)52/h10-15,18-22,30-31,33,45H,6-9,16-17H2,1-5H3,(H,41,43)(H,42,44)(H,51,52)/t22-,30+,31+,33-/m1/s1. The van der Waals surface area contributed by atoms with Crippen LogP contribution in [0.4, 0.5) is 14.0 Å². The molecule has 16 heteroatoms. The van der Waals surface area contributed by atoms with Crippen molar-refractivity contribution < 1.29 is 38.1 Å². The fourth-order valence-corrected chi connectivity index (χ4v) is 7.20. The number of carbonyl (C=O) groups is 4. The van der Waals surface area contributed by atoms with Gasteiger partial charge < -0.3 is 39.7 Å². The summed E-state index contributed by atoms with van der Waals surface area (Å²) in [7, 11) is 2.63. The summed E-state index contributed by atoms with van der Waals surface area (Å²) in [6.45, 7) is 6.17. The lowest BCUT2D eigenvalue weighted by Crippen LogP contribution is -2.53. The van der Waals surface area contributed by atoms with Gasteiger partial charge in [0.2, 0.25) is 5.91 Å². The molecule has 2 aromatic carbocycles. The minimum Gasteiger partial charge on any atom is -0.465 e. The molecule has 0 radical (unpaired) electrons. The van der Waals surface area contributed by atoms with Crippen LogP contribution in [0, 0.1) is 11.7 Å². The van der Waals surface area contributed by atoms with E-state index in [-0.39, 0.29) is 23.6 Å². The van der Waals surface area contributed by atoms with Crippen LogP contribution in [0.3, 0.4) is 0 Å². The van der Waals surface area contributed by atoms with Gasteiger partial charge in [0.1, 0.15) is 29.2 Å². The fourth-order valence-electron chi connectivity index (χ4n) is 7.20. The molecule has 4 heterocycles. The number of amides is 4. The van der Waals surface area contributed by atoms with Crippen LogP contribution in [-0.4, -0.2) is 104 Å². The third kappa shape index (κ3) is 8.28. The van der Waals surface area contributed by atoms with E-state index in [1.807, 2.05) is 30.3 Å². The zero-order valence-corrected chi connectivity index (χ0v) is 31.3. The number of aliphatic imine (C=N–C) groups is 1. The molecule has 0 bridgehead atoms. The number of methoxy groups -OCH3 is 2. The number of halogens is 1. The molecular weight excluding hydrogens is 711 g/mol. The Morgan fingerprint density at radius 3 is 2.05 bits per heavy atom. The van der Waals surface area contributed by atoms with Gasteiger partial charge in [-0.25, -0.2) is 23.9 Å². The van der Waals surface area contributed by atoms with Crippen molar-refractivity contribution in [1.29, 1.82) is 0 Å². The Balaban J connectivity index is 1.14. The number of likely N-dealkylation sites (tertiary alicyclic amines) is 2. The Labute approximate surface area is 317 Å². The van der Waals surface area contributed by atoms with Crippen LogP contribution in [0.25, 0.3) is 33.6 Å². The second-order valence-corrected chi connectivity index (χ2v) is 14.0. The van der Waals surface area contributed by atoms with Crippen molar-refractivity contribution in [3.63, 3.8) is 0 Å². The van der Waals surface area contributed by atoms with Gasteiger partial charge in [0.05, 0.1) is 49.1 Å². The van der Waals surface area contributed by atoms with E-state index in [1.165, 1.54) is 26.5 Å². The fraction of sp³-hybridized carbons (Fsp3) is 0.410. The number of imidazole rings is 2. The van der Waals surface area contributed by atoms with E-state index >= 15 is 4.39 Å². The van der Waals surface area contributed by atoms with E-state index in [4.69, 9.17) is 4.74 Å². The molecule has 4 N–H and O–H groups in total. The normalized spacial score (nSPS) is 18.4. The Hall–Kier alpha value is -5.90. The van der Waals surface area contributed by atoms with Crippen LogP contribution < -0.4 is 5.32 Å². The molecule has 2 saturated heterocycles. The van der Waals surface area contributed by atoms with Crippen molar-refractivity contribution in [3.8, 4) is 33.6 Å². The molecule has 4 amide bonds. The molecular formula is C39H45FN8O7. The molecule has 2 aromatic heterocycles. The average Bonchev–Trinajstić information content (AvgIpc) is 4.02. The maximum absolute atomic E-state index is 15.7. The smallest absolute Gasteiger partial charge is 0.433 e. The molecule has 0 spiro atoms. The van der Waals surface area contributed by atoms with E-state index in [0.717, 1.165) is 23.2 Å². The zero-order chi connectivity index (χ0) is 39.4. The van der Waals surface area contributed by atoms with Gasteiger partial charge in [0.15, 0.2) is 0 Å². The Morgan fingerprint density at radius 2 is 1.45 bits per heavy atom. The second kappa shape index (κ2) is 16.6. The Bertz CT molecular complexity index is 2080. The number of H-pyrrole nitrogens is 2. The van der Waals surface area contributed by atoms with Crippen LogP contribution >= 0.6 is 0 Å². The van der Waals surface area contributed by atoms with Gasteiger partial charge in [-0.2, -0.15) is 4.99 Å². The molecule has 6 rings (SSSR count). The highest BCUT2D eigenvalue weighted by Gasteiger charge is 2.39. The van der Waals surface area contributed by atoms with E-state index in [1.54, 1.807) is 42.8 Å². The van der Waals surface area contributed by atoms with E-state index in [2.05, 4.69) is 35.0 Å². The number of aromatic nitrogens is 4. The third-order valence-electron chi connectivity index (χ3n) is 10.2. The van der Waals surface area contributed by atoms with E-state index < -0.39 is 42.1 Å². The lowest BCUT2D eigenvalue weighted by Gasteiger charge is -2.30. The summed E-state index contributed by atoms with van der Waals surface area (Å²) in [5.74, 6) is -0.337. The summed E-state index contributed by atoms with van der Waals surface area (Å²) in [5.41, 5.74) is 4.00. The highest BCUT2D eigenvalue weighted by Crippen LogP contribution is 2.35. The van der Waals surface area contributed by atoms with Crippen LogP contribution in [0.2, 0.25) is 0 Å². The van der Waals surface area contributed by atoms with Crippen molar-refractivity contribution in [2.75, 3.05) is 27.3 Å². The van der Waals surface area contributed by atoms with E-state index in [9.17, 15) is 24.3 Å². The molecule has 290 valence electrons. The van der Waals surface area contributed by atoms with E-state index in [0.29, 0.717) is 60.8 Å². The molecule has 2 aliphatic rings.